The molecule has 2 fully saturated rings. The minimum absolute atomic E-state index is 0.104. The third kappa shape index (κ3) is 5.51. The van der Waals surface area contributed by atoms with Crippen LogP contribution in [-0.2, 0) is 9.59 Å². The van der Waals surface area contributed by atoms with Crippen molar-refractivity contribution in [3.63, 3.8) is 0 Å². The Labute approximate surface area is 142 Å². The number of nitriles is 1. The topological polar surface area (TPSA) is 114 Å². The molecule has 0 spiro atoms. The highest BCUT2D eigenvalue weighted by atomic mass is 16.2. The van der Waals surface area contributed by atoms with E-state index in [-0.39, 0.29) is 23.3 Å². The van der Waals surface area contributed by atoms with Crippen LogP contribution in [0.5, 0.6) is 0 Å². The molecule has 2 aliphatic rings. The van der Waals surface area contributed by atoms with Crippen molar-refractivity contribution in [1.29, 1.82) is 5.26 Å². The Balaban J connectivity index is 1.76. The Morgan fingerprint density at radius 2 is 1.92 bits per heavy atom. The molecule has 0 aromatic heterocycles. The van der Waals surface area contributed by atoms with Crippen LogP contribution in [0.3, 0.4) is 0 Å². The van der Waals surface area contributed by atoms with Crippen molar-refractivity contribution < 1.29 is 9.59 Å². The first-order valence-corrected chi connectivity index (χ1v) is 8.46. The zero-order valence-corrected chi connectivity index (χ0v) is 14.0. The molecule has 2 aliphatic heterocycles. The van der Waals surface area contributed by atoms with Crippen LogP contribution >= 0.6 is 0 Å². The monoisotopic (exact) mass is 334 g/mol. The van der Waals surface area contributed by atoms with Gasteiger partial charge in [-0.2, -0.15) is 5.26 Å². The lowest BCUT2D eigenvalue weighted by molar-refractivity contribution is -0.123. The molecule has 2 saturated heterocycles. The summed E-state index contributed by atoms with van der Waals surface area (Å²) < 4.78 is 0. The summed E-state index contributed by atoms with van der Waals surface area (Å²) in [5.41, 5.74) is 5.41. The van der Waals surface area contributed by atoms with Gasteiger partial charge in [0, 0.05) is 64.5 Å². The van der Waals surface area contributed by atoms with E-state index in [9.17, 15) is 14.9 Å². The van der Waals surface area contributed by atoms with Crippen LogP contribution in [-0.4, -0.2) is 74.0 Å². The number of carbonyl (C=O) groups is 2. The van der Waals surface area contributed by atoms with E-state index in [2.05, 4.69) is 15.5 Å². The Morgan fingerprint density at radius 3 is 2.50 bits per heavy atom. The van der Waals surface area contributed by atoms with E-state index in [1.807, 2.05) is 11.0 Å². The Bertz CT molecular complexity index is 513. The van der Waals surface area contributed by atoms with Gasteiger partial charge in [-0.3, -0.25) is 14.5 Å². The predicted molar refractivity (Wildman–Crippen MR) is 89.5 cm³/mol. The van der Waals surface area contributed by atoms with Gasteiger partial charge in [-0.1, -0.05) is 0 Å². The Morgan fingerprint density at radius 1 is 1.25 bits per heavy atom. The normalized spacial score (nSPS) is 20.5. The molecule has 2 rings (SSSR count). The summed E-state index contributed by atoms with van der Waals surface area (Å²) in [6.45, 7) is 6.48. The molecule has 0 unspecified atom stereocenters. The van der Waals surface area contributed by atoms with Gasteiger partial charge in [-0.05, 0) is 12.8 Å². The second kappa shape index (κ2) is 9.25. The quantitative estimate of drug-likeness (QED) is 0.407. The van der Waals surface area contributed by atoms with Crippen LogP contribution < -0.4 is 16.4 Å². The molecular formula is C16H26N6O2. The van der Waals surface area contributed by atoms with Gasteiger partial charge in [0.1, 0.15) is 11.6 Å². The van der Waals surface area contributed by atoms with Gasteiger partial charge in [0.05, 0.1) is 0 Å². The number of carbonyl (C=O) groups excluding carboxylic acids is 2. The molecule has 0 aromatic rings. The number of nitrogens with one attached hydrogen (secondary N) is 2. The molecule has 0 aliphatic carbocycles. The highest BCUT2D eigenvalue weighted by Gasteiger charge is 2.22. The first-order valence-electron chi connectivity index (χ1n) is 8.46. The summed E-state index contributed by atoms with van der Waals surface area (Å²) in [7, 11) is 0. The van der Waals surface area contributed by atoms with Crippen molar-refractivity contribution in [3.05, 3.63) is 11.8 Å². The highest BCUT2D eigenvalue weighted by molar-refractivity contribution is 5.97. The fourth-order valence-electron chi connectivity index (χ4n) is 2.99. The lowest BCUT2D eigenvalue weighted by Crippen LogP contribution is -2.46. The van der Waals surface area contributed by atoms with Crippen LogP contribution in [0.25, 0.3) is 0 Å². The SMILES string of the molecule is N#C/C(=C/N1CCC(C(N)=O)CC1)C(=O)NCCN1CCNCC1. The maximum absolute atomic E-state index is 12.1. The fourth-order valence-corrected chi connectivity index (χ4v) is 2.99. The van der Waals surface area contributed by atoms with E-state index in [1.54, 1.807) is 6.20 Å². The number of rotatable bonds is 6. The van der Waals surface area contributed by atoms with Crippen LogP contribution in [0.4, 0.5) is 0 Å². The number of piperidine rings is 1. The van der Waals surface area contributed by atoms with Gasteiger partial charge in [0.2, 0.25) is 5.91 Å². The van der Waals surface area contributed by atoms with Crippen molar-refractivity contribution in [2.24, 2.45) is 11.7 Å². The van der Waals surface area contributed by atoms with Crippen LogP contribution in [0.2, 0.25) is 0 Å². The molecule has 8 nitrogen and oxygen atoms in total. The zero-order chi connectivity index (χ0) is 17.4. The zero-order valence-electron chi connectivity index (χ0n) is 14.0. The van der Waals surface area contributed by atoms with Crippen molar-refractivity contribution in [2.75, 3.05) is 52.4 Å². The number of hydrogen-bond donors (Lipinski definition) is 3. The molecule has 0 aromatic carbocycles. The molecular weight excluding hydrogens is 308 g/mol. The number of piperazine rings is 1. The van der Waals surface area contributed by atoms with Gasteiger partial charge < -0.3 is 21.3 Å². The maximum atomic E-state index is 12.1. The predicted octanol–water partition coefficient (Wildman–Crippen LogP) is -1.39. The average molecular weight is 334 g/mol. The minimum atomic E-state index is -0.343. The smallest absolute Gasteiger partial charge is 0.263 e. The summed E-state index contributed by atoms with van der Waals surface area (Å²) in [5, 5.41) is 15.3. The second-order valence-corrected chi connectivity index (χ2v) is 6.21. The van der Waals surface area contributed by atoms with Crippen LogP contribution in [0, 0.1) is 17.2 Å². The number of nitrogens with two attached hydrogens (primary N) is 1. The van der Waals surface area contributed by atoms with E-state index >= 15 is 0 Å². The number of amides is 2. The third-order valence-electron chi connectivity index (χ3n) is 4.53. The molecule has 8 heteroatoms. The Hall–Kier alpha value is -2.11. The number of hydrogen-bond acceptors (Lipinski definition) is 6. The molecule has 0 atom stereocenters. The summed E-state index contributed by atoms with van der Waals surface area (Å²) in [5.74, 6) is -0.720. The maximum Gasteiger partial charge on any atom is 0.263 e. The lowest BCUT2D eigenvalue weighted by atomic mass is 9.96. The molecule has 0 bridgehead atoms. The molecule has 0 radical (unpaired) electrons. The number of primary amides is 1. The van der Waals surface area contributed by atoms with Gasteiger partial charge in [0.25, 0.3) is 5.91 Å². The summed E-state index contributed by atoms with van der Waals surface area (Å²) >= 11 is 0. The van der Waals surface area contributed by atoms with Crippen molar-refractivity contribution in [1.82, 2.24) is 20.4 Å². The third-order valence-corrected chi connectivity index (χ3v) is 4.53. The van der Waals surface area contributed by atoms with Crippen LogP contribution in [0.1, 0.15) is 12.8 Å². The number of nitrogens with zero attached hydrogens (tertiary/aromatic N) is 3. The summed E-state index contributed by atoms with van der Waals surface area (Å²) in [4.78, 5) is 27.5. The van der Waals surface area contributed by atoms with Crippen LogP contribution in [0.15, 0.2) is 11.8 Å². The minimum Gasteiger partial charge on any atom is -0.376 e. The van der Waals surface area contributed by atoms with Gasteiger partial charge >= 0.3 is 0 Å². The molecule has 4 N–H and O–H groups in total. The molecule has 2 heterocycles. The van der Waals surface area contributed by atoms with Crippen molar-refractivity contribution in [2.45, 2.75) is 12.8 Å². The van der Waals surface area contributed by atoms with Crippen molar-refractivity contribution in [3.8, 4) is 6.07 Å². The van der Waals surface area contributed by atoms with E-state index < -0.39 is 0 Å². The summed E-state index contributed by atoms with van der Waals surface area (Å²) in [6.07, 6.45) is 2.92. The largest absolute Gasteiger partial charge is 0.376 e. The van der Waals surface area contributed by atoms with E-state index in [1.165, 1.54) is 0 Å². The molecule has 0 saturated carbocycles. The average Bonchev–Trinajstić information content (AvgIpc) is 2.60. The van der Waals surface area contributed by atoms with E-state index in [4.69, 9.17) is 5.73 Å². The highest BCUT2D eigenvalue weighted by Crippen LogP contribution is 2.17. The first-order chi connectivity index (χ1) is 11.6. The Kier molecular flexibility index (Phi) is 7.03. The lowest BCUT2D eigenvalue weighted by Gasteiger charge is -2.29. The molecule has 2 amide bonds. The molecule has 24 heavy (non-hydrogen) atoms. The van der Waals surface area contributed by atoms with Gasteiger partial charge in [-0.25, -0.2) is 0 Å². The number of likely N-dealkylation sites (tertiary alicyclic amines) is 1. The molecule has 132 valence electrons. The fraction of sp³-hybridized carbons (Fsp3) is 0.688. The van der Waals surface area contributed by atoms with Crippen molar-refractivity contribution >= 4 is 11.8 Å². The standard InChI is InChI=1S/C16H26N6O2/c17-11-14(12-22-6-1-13(2-7-22)15(18)23)16(24)20-5-10-21-8-3-19-4-9-21/h12-13,19H,1-10H2,(H2,18,23)(H,20,24)/b14-12-. The van der Waals surface area contributed by atoms with E-state index in [0.29, 0.717) is 32.5 Å². The second-order valence-electron chi connectivity index (χ2n) is 6.21. The summed E-state index contributed by atoms with van der Waals surface area (Å²) in [6, 6.07) is 1.96. The van der Waals surface area contributed by atoms with Gasteiger partial charge in [0.15, 0.2) is 0 Å². The van der Waals surface area contributed by atoms with E-state index in [0.717, 1.165) is 32.7 Å². The first kappa shape index (κ1) is 18.2. The van der Waals surface area contributed by atoms with Gasteiger partial charge in [-0.15, -0.1) is 0 Å².